The van der Waals surface area contributed by atoms with Crippen molar-refractivity contribution in [1.29, 1.82) is 0 Å². The van der Waals surface area contributed by atoms with Gasteiger partial charge in [-0.15, -0.1) is 0 Å². The molecule has 1 aromatic carbocycles. The lowest BCUT2D eigenvalue weighted by Gasteiger charge is -2.39. The Morgan fingerprint density at radius 2 is 1.82 bits per heavy atom. The molecule has 3 amide bonds. The first kappa shape index (κ1) is 37.5. The van der Waals surface area contributed by atoms with Crippen LogP contribution in [0.1, 0.15) is 59.4 Å². The van der Waals surface area contributed by atoms with Crippen molar-refractivity contribution >= 4 is 62.7 Å². The highest BCUT2D eigenvalue weighted by atomic mass is 35.5. The van der Waals surface area contributed by atoms with Crippen molar-refractivity contribution in [2.24, 2.45) is 4.99 Å². The van der Waals surface area contributed by atoms with Crippen LogP contribution in [0.4, 0.5) is 24.8 Å². The number of benzene rings is 1. The van der Waals surface area contributed by atoms with Crippen molar-refractivity contribution < 1.29 is 45.5 Å². The van der Waals surface area contributed by atoms with Gasteiger partial charge in [0.15, 0.2) is 44.9 Å². The molecule has 0 bridgehead atoms. The summed E-state index contributed by atoms with van der Waals surface area (Å²) in [4.78, 5) is 64.5. The number of aromatic nitrogens is 2. The molecule has 21 heteroatoms. The standard InChI is InChI=1S/C30H35ClF3N9O7S/c31-23-25(36)39-24(35)22(38-23)26(46)40-28-37-16-29(41-28)8-11-42(12-9-29)27(47)17-4-1-5-18(14-17)51(48,49)13-3-7-21(45)50-15-20(44)43-10-2-6-19(43)30(32,33)34/h1,4-5,14,19H,2-3,6-13,15-16H2,(H4,35,36,39)(H2,37,40,41,46). The van der Waals surface area contributed by atoms with E-state index in [0.717, 1.165) is 0 Å². The van der Waals surface area contributed by atoms with Gasteiger partial charge in [0.05, 0.1) is 22.7 Å². The van der Waals surface area contributed by atoms with Crippen molar-refractivity contribution in [2.75, 3.05) is 50.0 Å². The molecular weight excluding hydrogens is 723 g/mol. The van der Waals surface area contributed by atoms with Crippen molar-refractivity contribution in [2.45, 2.75) is 61.2 Å². The number of ether oxygens (including phenoxy) is 1. The predicted molar refractivity (Wildman–Crippen MR) is 176 cm³/mol. The van der Waals surface area contributed by atoms with Crippen molar-refractivity contribution in [3.63, 3.8) is 0 Å². The van der Waals surface area contributed by atoms with Crippen LogP contribution in [0.15, 0.2) is 34.2 Å². The van der Waals surface area contributed by atoms with E-state index in [1.807, 2.05) is 0 Å². The third-order valence-corrected chi connectivity index (χ3v) is 10.9. The highest BCUT2D eigenvalue weighted by molar-refractivity contribution is 7.91. The molecule has 2 saturated heterocycles. The van der Waals surface area contributed by atoms with Crippen LogP contribution in [0.2, 0.25) is 5.15 Å². The Labute approximate surface area is 295 Å². The quantitative estimate of drug-likeness (QED) is 0.265. The smallest absolute Gasteiger partial charge is 0.408 e. The summed E-state index contributed by atoms with van der Waals surface area (Å²) >= 11 is 5.86. The Kier molecular flexibility index (Phi) is 10.9. The zero-order valence-corrected chi connectivity index (χ0v) is 28.6. The molecule has 1 aromatic heterocycles. The summed E-state index contributed by atoms with van der Waals surface area (Å²) < 4.78 is 70.2. The van der Waals surface area contributed by atoms with Gasteiger partial charge < -0.3 is 31.3 Å². The van der Waals surface area contributed by atoms with E-state index in [1.165, 1.54) is 24.3 Å². The van der Waals surface area contributed by atoms with Crippen LogP contribution in [0.25, 0.3) is 0 Å². The van der Waals surface area contributed by atoms with Gasteiger partial charge >= 0.3 is 12.1 Å². The van der Waals surface area contributed by atoms with Crippen LogP contribution in [-0.4, -0.2) is 114 Å². The monoisotopic (exact) mass is 757 g/mol. The number of nitrogens with two attached hydrogens (primary N) is 2. The third-order valence-electron chi connectivity index (χ3n) is 8.82. The summed E-state index contributed by atoms with van der Waals surface area (Å²) in [6, 6.07) is 3.59. The van der Waals surface area contributed by atoms with E-state index >= 15 is 0 Å². The third kappa shape index (κ3) is 8.78. The summed E-state index contributed by atoms with van der Waals surface area (Å²) in [6.45, 7) is -0.0200. The number of nitrogens with one attached hydrogen (secondary N) is 2. The van der Waals surface area contributed by atoms with E-state index in [1.54, 1.807) is 4.90 Å². The van der Waals surface area contributed by atoms with Crippen molar-refractivity contribution in [1.82, 2.24) is 30.4 Å². The number of hydrogen-bond donors (Lipinski definition) is 4. The summed E-state index contributed by atoms with van der Waals surface area (Å²) in [5.74, 6) is -3.57. The van der Waals surface area contributed by atoms with Crippen molar-refractivity contribution in [3.05, 3.63) is 40.7 Å². The minimum Gasteiger partial charge on any atom is -0.456 e. The Balaban J connectivity index is 1.08. The van der Waals surface area contributed by atoms with Crippen LogP contribution in [0, 0.1) is 0 Å². The van der Waals surface area contributed by atoms with E-state index in [0.29, 0.717) is 37.4 Å². The Morgan fingerprint density at radius 3 is 2.53 bits per heavy atom. The lowest BCUT2D eigenvalue weighted by atomic mass is 9.88. The second kappa shape index (κ2) is 14.9. The number of likely N-dealkylation sites (tertiary alicyclic amines) is 2. The highest BCUT2D eigenvalue weighted by Crippen LogP contribution is 2.33. The number of piperidine rings is 1. The van der Waals surface area contributed by atoms with Gasteiger partial charge in [-0.05, 0) is 50.3 Å². The molecule has 1 atom stereocenters. The summed E-state index contributed by atoms with van der Waals surface area (Å²) in [5.41, 5.74) is 10.7. The maximum Gasteiger partial charge on any atom is 0.408 e. The molecule has 0 saturated carbocycles. The van der Waals surface area contributed by atoms with Crippen molar-refractivity contribution in [3.8, 4) is 0 Å². The van der Waals surface area contributed by atoms with Crippen LogP contribution >= 0.6 is 11.6 Å². The molecule has 16 nitrogen and oxygen atoms in total. The molecule has 276 valence electrons. The summed E-state index contributed by atoms with van der Waals surface area (Å²) in [5, 5.41) is 5.61. The molecule has 1 spiro atoms. The van der Waals surface area contributed by atoms with Gasteiger partial charge in [-0.1, -0.05) is 17.7 Å². The molecule has 1 unspecified atom stereocenters. The lowest BCUT2D eigenvalue weighted by molar-refractivity contribution is -0.185. The number of carbonyl (C=O) groups is 4. The first-order valence-electron chi connectivity index (χ1n) is 15.8. The number of amides is 3. The van der Waals surface area contributed by atoms with Crippen LogP contribution in [-0.2, 0) is 24.2 Å². The molecule has 2 aromatic rings. The number of nitrogens with zero attached hydrogens (tertiary/aromatic N) is 5. The van der Waals surface area contributed by atoms with Gasteiger partial charge in [-0.2, -0.15) is 13.2 Å². The van der Waals surface area contributed by atoms with E-state index in [-0.39, 0.29) is 77.0 Å². The number of guanidine groups is 1. The lowest BCUT2D eigenvalue weighted by Crippen LogP contribution is -2.57. The van der Waals surface area contributed by atoms with Gasteiger partial charge in [0.1, 0.15) is 6.04 Å². The average molecular weight is 758 g/mol. The van der Waals surface area contributed by atoms with Crippen LogP contribution < -0.4 is 22.1 Å². The minimum atomic E-state index is -4.58. The zero-order valence-electron chi connectivity index (χ0n) is 27.0. The fraction of sp³-hybridized carbons (Fsp3) is 0.500. The molecule has 0 aliphatic carbocycles. The van der Waals surface area contributed by atoms with Crippen LogP contribution in [0.5, 0.6) is 0 Å². The Morgan fingerprint density at radius 1 is 1.10 bits per heavy atom. The number of esters is 1. The van der Waals surface area contributed by atoms with E-state index in [2.05, 4.69) is 25.6 Å². The largest absolute Gasteiger partial charge is 0.456 e. The van der Waals surface area contributed by atoms with Gasteiger partial charge in [0.2, 0.25) is 0 Å². The summed E-state index contributed by atoms with van der Waals surface area (Å²) in [6.07, 6.45) is -4.25. The van der Waals surface area contributed by atoms with Crippen LogP contribution in [0.3, 0.4) is 0 Å². The molecule has 51 heavy (non-hydrogen) atoms. The minimum absolute atomic E-state index is 0.0940. The second-order valence-electron chi connectivity index (χ2n) is 12.3. The Bertz CT molecular complexity index is 1850. The molecule has 4 heterocycles. The second-order valence-corrected chi connectivity index (χ2v) is 14.8. The number of sulfone groups is 1. The predicted octanol–water partition coefficient (Wildman–Crippen LogP) is 1.31. The molecule has 6 N–H and O–H groups in total. The molecule has 3 aliphatic heterocycles. The fourth-order valence-corrected chi connectivity index (χ4v) is 7.54. The molecular formula is C30H35ClF3N9O7S. The molecule has 5 rings (SSSR count). The number of hydrogen-bond acceptors (Lipinski definition) is 13. The zero-order chi connectivity index (χ0) is 37.1. The number of carbonyl (C=O) groups excluding carboxylic acids is 4. The average Bonchev–Trinajstić information content (AvgIpc) is 3.73. The van der Waals surface area contributed by atoms with Gasteiger partial charge in [0.25, 0.3) is 17.7 Å². The maximum absolute atomic E-state index is 13.4. The number of alkyl halides is 3. The molecule has 0 radical (unpaired) electrons. The molecule has 3 aliphatic rings. The number of anilines is 2. The highest BCUT2D eigenvalue weighted by Gasteiger charge is 2.47. The van der Waals surface area contributed by atoms with E-state index in [9.17, 15) is 40.8 Å². The Hall–Kier alpha value is -4.72. The fourth-order valence-electron chi connectivity index (χ4n) is 6.06. The number of rotatable bonds is 9. The van der Waals surface area contributed by atoms with Gasteiger partial charge in [-0.3, -0.25) is 29.5 Å². The van der Waals surface area contributed by atoms with Gasteiger partial charge in [0, 0.05) is 31.6 Å². The topological polar surface area (TPSA) is 232 Å². The molecule has 2 fully saturated rings. The summed E-state index contributed by atoms with van der Waals surface area (Å²) in [7, 11) is -3.94. The SMILES string of the molecule is Nc1nc(N)c(C(=O)NC2=NCC3(CCN(C(=O)c4cccc(S(=O)(=O)CCCC(=O)OCC(=O)N5CCCC5C(F)(F)F)c4)CC3)N2)nc1Cl. The normalized spacial score (nSPS) is 18.7. The number of nitrogen functional groups attached to an aromatic ring is 2. The first-order chi connectivity index (χ1) is 24.0. The maximum atomic E-state index is 13.4. The van der Waals surface area contributed by atoms with E-state index in [4.69, 9.17) is 27.8 Å². The van der Waals surface area contributed by atoms with E-state index < -0.39 is 57.7 Å². The first-order valence-corrected chi connectivity index (χ1v) is 17.9. The number of aliphatic imine (C=N–C) groups is 1. The number of halogens is 4. The van der Waals surface area contributed by atoms with Gasteiger partial charge in [-0.25, -0.2) is 18.4 Å².